The fraction of sp³-hybridized carbons (Fsp3) is 0.467. The molecule has 2 rings (SSSR count). The van der Waals surface area contributed by atoms with Crippen molar-refractivity contribution in [1.29, 1.82) is 0 Å². The van der Waals surface area contributed by atoms with E-state index in [2.05, 4.69) is 46.7 Å². The van der Waals surface area contributed by atoms with Gasteiger partial charge in [0.25, 0.3) is 0 Å². The van der Waals surface area contributed by atoms with Crippen LogP contribution >= 0.6 is 0 Å². The number of nitrogens with zero attached hydrogens (tertiary/aromatic N) is 2. The molecule has 0 N–H and O–H groups in total. The second-order valence-corrected chi connectivity index (χ2v) is 4.68. The third-order valence-corrected chi connectivity index (χ3v) is 3.36. The van der Waals surface area contributed by atoms with Gasteiger partial charge in [0.05, 0.1) is 0 Å². The molecule has 0 bridgehead atoms. The van der Waals surface area contributed by atoms with E-state index in [-0.39, 0.29) is 0 Å². The summed E-state index contributed by atoms with van der Waals surface area (Å²) in [5, 5.41) is 0. The Morgan fingerprint density at radius 2 is 1.65 bits per heavy atom. The summed E-state index contributed by atoms with van der Waals surface area (Å²) in [5.41, 5.74) is 1.42. The van der Waals surface area contributed by atoms with Crippen LogP contribution in [0.1, 0.15) is 12.0 Å². The van der Waals surface area contributed by atoms with Gasteiger partial charge in [-0.1, -0.05) is 36.4 Å². The van der Waals surface area contributed by atoms with Crippen LogP contribution in [0.5, 0.6) is 0 Å². The summed E-state index contributed by atoms with van der Waals surface area (Å²) in [6, 6.07) is 10.7. The summed E-state index contributed by atoms with van der Waals surface area (Å²) in [5.74, 6) is 0. The maximum absolute atomic E-state index is 3.78. The quantitative estimate of drug-likeness (QED) is 0.717. The maximum Gasteiger partial charge on any atom is 0.0234 e. The molecular formula is C15H22N2. The fourth-order valence-electron chi connectivity index (χ4n) is 2.29. The SMILES string of the molecule is C=CCCN1CCN(Cc2ccccc2)CC1. The van der Waals surface area contributed by atoms with Crippen molar-refractivity contribution < 1.29 is 0 Å². The average Bonchev–Trinajstić information content (AvgIpc) is 2.39. The van der Waals surface area contributed by atoms with Crippen molar-refractivity contribution in [2.45, 2.75) is 13.0 Å². The van der Waals surface area contributed by atoms with Crippen LogP contribution in [0.3, 0.4) is 0 Å². The Hall–Kier alpha value is -1.12. The van der Waals surface area contributed by atoms with E-state index in [0.717, 1.165) is 13.0 Å². The van der Waals surface area contributed by atoms with Crippen LogP contribution in [-0.2, 0) is 6.54 Å². The molecule has 0 radical (unpaired) electrons. The van der Waals surface area contributed by atoms with Crippen LogP contribution in [-0.4, -0.2) is 42.5 Å². The van der Waals surface area contributed by atoms with Gasteiger partial charge in [-0.15, -0.1) is 6.58 Å². The molecule has 2 heteroatoms. The first-order valence-electron chi connectivity index (χ1n) is 6.48. The van der Waals surface area contributed by atoms with E-state index in [1.165, 1.54) is 38.3 Å². The number of piperazine rings is 1. The molecule has 0 atom stereocenters. The highest BCUT2D eigenvalue weighted by Gasteiger charge is 2.15. The molecule has 1 aromatic rings. The zero-order valence-corrected chi connectivity index (χ0v) is 10.5. The molecule has 92 valence electrons. The van der Waals surface area contributed by atoms with E-state index >= 15 is 0 Å². The summed E-state index contributed by atoms with van der Waals surface area (Å²) in [7, 11) is 0. The number of benzene rings is 1. The number of hydrogen-bond donors (Lipinski definition) is 0. The molecule has 0 aliphatic carbocycles. The molecule has 1 saturated heterocycles. The van der Waals surface area contributed by atoms with Gasteiger partial charge in [-0.05, 0) is 12.0 Å². The Morgan fingerprint density at radius 3 is 2.29 bits per heavy atom. The highest BCUT2D eigenvalue weighted by atomic mass is 15.3. The third-order valence-electron chi connectivity index (χ3n) is 3.36. The number of hydrogen-bond acceptors (Lipinski definition) is 2. The Balaban J connectivity index is 1.74. The predicted molar refractivity (Wildman–Crippen MR) is 73.0 cm³/mol. The molecular weight excluding hydrogens is 208 g/mol. The van der Waals surface area contributed by atoms with Gasteiger partial charge in [-0.25, -0.2) is 0 Å². The first-order valence-corrected chi connectivity index (χ1v) is 6.48. The van der Waals surface area contributed by atoms with Crippen LogP contribution < -0.4 is 0 Å². The van der Waals surface area contributed by atoms with Gasteiger partial charge in [0.2, 0.25) is 0 Å². The summed E-state index contributed by atoms with van der Waals surface area (Å²) >= 11 is 0. The van der Waals surface area contributed by atoms with Crippen molar-refractivity contribution in [1.82, 2.24) is 9.80 Å². The second kappa shape index (κ2) is 6.58. The largest absolute Gasteiger partial charge is 0.300 e. The van der Waals surface area contributed by atoms with Gasteiger partial charge in [0, 0.05) is 39.3 Å². The summed E-state index contributed by atoms with van der Waals surface area (Å²) < 4.78 is 0. The van der Waals surface area contributed by atoms with Gasteiger partial charge in [-0.3, -0.25) is 4.90 Å². The monoisotopic (exact) mass is 230 g/mol. The van der Waals surface area contributed by atoms with Gasteiger partial charge >= 0.3 is 0 Å². The highest BCUT2D eigenvalue weighted by molar-refractivity contribution is 5.14. The molecule has 0 aromatic heterocycles. The Bertz CT molecular complexity index is 326. The molecule has 0 amide bonds. The molecule has 1 aromatic carbocycles. The minimum atomic E-state index is 1.09. The topological polar surface area (TPSA) is 6.48 Å². The van der Waals surface area contributed by atoms with Crippen LogP contribution in [0.4, 0.5) is 0 Å². The Kier molecular flexibility index (Phi) is 4.77. The van der Waals surface area contributed by atoms with E-state index in [1.807, 2.05) is 6.08 Å². The molecule has 1 heterocycles. The van der Waals surface area contributed by atoms with Gasteiger partial charge < -0.3 is 4.90 Å². The van der Waals surface area contributed by atoms with E-state index in [9.17, 15) is 0 Å². The molecule has 2 nitrogen and oxygen atoms in total. The van der Waals surface area contributed by atoms with Crippen molar-refractivity contribution in [2.75, 3.05) is 32.7 Å². The molecule has 0 spiro atoms. The lowest BCUT2D eigenvalue weighted by atomic mass is 10.2. The van der Waals surface area contributed by atoms with Gasteiger partial charge in [0.15, 0.2) is 0 Å². The summed E-state index contributed by atoms with van der Waals surface area (Å²) in [6.07, 6.45) is 3.12. The summed E-state index contributed by atoms with van der Waals surface area (Å²) in [6.45, 7) is 10.8. The van der Waals surface area contributed by atoms with Crippen molar-refractivity contribution in [3.8, 4) is 0 Å². The molecule has 0 unspecified atom stereocenters. The Labute approximate surface area is 105 Å². The van der Waals surface area contributed by atoms with Crippen molar-refractivity contribution in [3.05, 3.63) is 48.6 Å². The second-order valence-electron chi connectivity index (χ2n) is 4.68. The normalized spacial score (nSPS) is 18.1. The summed E-state index contributed by atoms with van der Waals surface area (Å²) in [4.78, 5) is 5.07. The van der Waals surface area contributed by atoms with E-state index in [4.69, 9.17) is 0 Å². The standard InChI is InChI=1S/C15H22N2/c1-2-3-9-16-10-12-17(13-11-16)14-15-7-5-4-6-8-15/h2,4-8H,1,3,9-14H2. The zero-order chi connectivity index (χ0) is 11.9. The third kappa shape index (κ3) is 3.99. The lowest BCUT2D eigenvalue weighted by Crippen LogP contribution is -2.45. The zero-order valence-electron chi connectivity index (χ0n) is 10.5. The predicted octanol–water partition coefficient (Wildman–Crippen LogP) is 2.38. The van der Waals surface area contributed by atoms with E-state index in [1.54, 1.807) is 0 Å². The van der Waals surface area contributed by atoms with Crippen LogP contribution in [0.25, 0.3) is 0 Å². The molecule has 1 fully saturated rings. The molecule has 1 aliphatic heterocycles. The van der Waals surface area contributed by atoms with Crippen LogP contribution in [0.15, 0.2) is 43.0 Å². The first-order chi connectivity index (χ1) is 8.38. The van der Waals surface area contributed by atoms with Gasteiger partial charge in [0.1, 0.15) is 0 Å². The highest BCUT2D eigenvalue weighted by Crippen LogP contribution is 2.08. The average molecular weight is 230 g/mol. The lowest BCUT2D eigenvalue weighted by molar-refractivity contribution is 0.129. The van der Waals surface area contributed by atoms with Crippen LogP contribution in [0.2, 0.25) is 0 Å². The minimum Gasteiger partial charge on any atom is -0.300 e. The lowest BCUT2D eigenvalue weighted by Gasteiger charge is -2.34. The van der Waals surface area contributed by atoms with E-state index in [0.29, 0.717) is 0 Å². The molecule has 1 aliphatic rings. The van der Waals surface area contributed by atoms with Gasteiger partial charge in [-0.2, -0.15) is 0 Å². The van der Waals surface area contributed by atoms with E-state index < -0.39 is 0 Å². The minimum absolute atomic E-state index is 1.09. The Morgan fingerprint density at radius 1 is 1.00 bits per heavy atom. The van der Waals surface area contributed by atoms with Crippen LogP contribution in [0, 0.1) is 0 Å². The van der Waals surface area contributed by atoms with Crippen molar-refractivity contribution in [2.24, 2.45) is 0 Å². The fourth-order valence-corrected chi connectivity index (χ4v) is 2.29. The molecule has 0 saturated carbocycles. The first kappa shape index (κ1) is 12.3. The number of rotatable bonds is 5. The van der Waals surface area contributed by atoms with Crippen molar-refractivity contribution in [3.63, 3.8) is 0 Å². The molecule has 17 heavy (non-hydrogen) atoms. The smallest absolute Gasteiger partial charge is 0.0234 e. The van der Waals surface area contributed by atoms with Crippen molar-refractivity contribution >= 4 is 0 Å². The maximum atomic E-state index is 3.78.